The van der Waals surface area contributed by atoms with Crippen molar-refractivity contribution in [1.29, 1.82) is 0 Å². The Bertz CT molecular complexity index is 538. The number of hydrogen-bond donors (Lipinski definition) is 2. The molecule has 0 saturated heterocycles. The van der Waals surface area contributed by atoms with Crippen LogP contribution in [0.25, 0.3) is 0 Å². The number of anilines is 1. The molecular weight excluding hydrogens is 244 g/mol. The van der Waals surface area contributed by atoms with Crippen LogP contribution in [0.15, 0.2) is 29.0 Å². The van der Waals surface area contributed by atoms with Crippen LogP contribution < -0.4 is 10.1 Å². The number of benzene rings is 1. The highest BCUT2D eigenvalue weighted by molar-refractivity contribution is 6.33. The third-order valence-electron chi connectivity index (χ3n) is 2.23. The fourth-order valence-corrected chi connectivity index (χ4v) is 1.56. The lowest BCUT2D eigenvalue weighted by atomic mass is 10.1. The Morgan fingerprint density at radius 2 is 2.24 bits per heavy atom. The van der Waals surface area contributed by atoms with Crippen molar-refractivity contribution in [3.05, 3.63) is 34.6 Å². The summed E-state index contributed by atoms with van der Waals surface area (Å²) in [6.07, 6.45) is 3.41. The van der Waals surface area contributed by atoms with E-state index in [2.05, 4.69) is 10.3 Å². The molecule has 0 atom stereocenters. The van der Waals surface area contributed by atoms with Crippen molar-refractivity contribution < 1.29 is 14.6 Å². The summed E-state index contributed by atoms with van der Waals surface area (Å²) < 4.78 is 5.00. The average Bonchev–Trinajstić information content (AvgIpc) is 2.24. The zero-order chi connectivity index (χ0) is 12.4. The van der Waals surface area contributed by atoms with Crippen molar-refractivity contribution >= 4 is 29.5 Å². The van der Waals surface area contributed by atoms with E-state index in [1.54, 1.807) is 12.3 Å². The summed E-state index contributed by atoms with van der Waals surface area (Å²) in [6, 6.07) is 2.87. The van der Waals surface area contributed by atoms with Gasteiger partial charge in [0, 0.05) is 12.3 Å². The van der Waals surface area contributed by atoms with Gasteiger partial charge in [0.15, 0.2) is 0 Å². The van der Waals surface area contributed by atoms with E-state index < -0.39 is 5.97 Å². The number of carbonyl (C=O) groups is 1. The van der Waals surface area contributed by atoms with Crippen LogP contribution in [0.3, 0.4) is 0 Å². The molecule has 1 heterocycles. The molecule has 0 radical (unpaired) electrons. The molecule has 0 saturated carbocycles. The van der Waals surface area contributed by atoms with Crippen LogP contribution in [-0.2, 0) is 0 Å². The second-order valence-electron chi connectivity index (χ2n) is 3.29. The monoisotopic (exact) mass is 252 g/mol. The number of methoxy groups -OCH3 is 1. The molecule has 0 spiro atoms. The molecule has 6 heteroatoms. The van der Waals surface area contributed by atoms with E-state index in [4.69, 9.17) is 21.4 Å². The first-order chi connectivity index (χ1) is 8.11. The van der Waals surface area contributed by atoms with E-state index in [1.807, 2.05) is 0 Å². The number of aliphatic imine (C=N–C) groups is 1. The van der Waals surface area contributed by atoms with Crippen LogP contribution in [0.4, 0.5) is 5.69 Å². The van der Waals surface area contributed by atoms with E-state index in [0.717, 1.165) is 0 Å². The summed E-state index contributed by atoms with van der Waals surface area (Å²) in [6.45, 7) is 0. The molecule has 2 rings (SSSR count). The highest BCUT2D eigenvalue weighted by Crippen LogP contribution is 2.32. The van der Waals surface area contributed by atoms with Gasteiger partial charge in [-0.2, -0.15) is 0 Å². The van der Waals surface area contributed by atoms with Crippen LogP contribution in [0.2, 0.25) is 5.02 Å². The van der Waals surface area contributed by atoms with Crippen molar-refractivity contribution in [2.24, 2.45) is 4.99 Å². The van der Waals surface area contributed by atoms with Gasteiger partial charge in [-0.3, -0.25) is 0 Å². The van der Waals surface area contributed by atoms with Gasteiger partial charge >= 0.3 is 5.97 Å². The normalized spacial score (nSPS) is 12.7. The molecule has 0 unspecified atom stereocenters. The number of carboxylic acids is 1. The molecular formula is C11H9ClN2O3. The summed E-state index contributed by atoms with van der Waals surface area (Å²) >= 11 is 5.97. The summed E-state index contributed by atoms with van der Waals surface area (Å²) in [4.78, 5) is 14.9. The molecule has 2 N–H and O–H groups in total. The Morgan fingerprint density at radius 1 is 1.53 bits per heavy atom. The molecule has 5 nitrogen and oxygen atoms in total. The van der Waals surface area contributed by atoms with Crippen LogP contribution in [0.1, 0.15) is 10.4 Å². The zero-order valence-corrected chi connectivity index (χ0v) is 9.65. The third-order valence-corrected chi connectivity index (χ3v) is 2.54. The van der Waals surface area contributed by atoms with Crippen molar-refractivity contribution in [3.8, 4) is 5.75 Å². The SMILES string of the molecule is COc1cc(NC2=CC=N2)c(Cl)cc1C(=O)O. The average molecular weight is 253 g/mol. The largest absolute Gasteiger partial charge is 0.496 e. The van der Waals surface area contributed by atoms with Crippen molar-refractivity contribution in [2.75, 3.05) is 12.4 Å². The van der Waals surface area contributed by atoms with E-state index in [1.165, 1.54) is 19.2 Å². The van der Waals surface area contributed by atoms with Gasteiger partial charge in [0.05, 0.1) is 17.8 Å². The fourth-order valence-electron chi connectivity index (χ4n) is 1.35. The molecule has 0 bridgehead atoms. The Balaban J connectivity index is 2.37. The number of nitrogens with one attached hydrogen (secondary N) is 1. The fraction of sp³-hybridized carbons (Fsp3) is 0.0909. The lowest BCUT2D eigenvalue weighted by molar-refractivity contribution is 0.0693. The van der Waals surface area contributed by atoms with Gasteiger partial charge in [-0.05, 0) is 12.1 Å². The van der Waals surface area contributed by atoms with E-state index >= 15 is 0 Å². The second-order valence-corrected chi connectivity index (χ2v) is 3.70. The molecule has 0 aliphatic carbocycles. The second kappa shape index (κ2) is 4.47. The number of hydrogen-bond acceptors (Lipinski definition) is 4. The van der Waals surface area contributed by atoms with Gasteiger partial charge < -0.3 is 15.2 Å². The first kappa shape index (κ1) is 11.5. The predicted molar refractivity (Wildman–Crippen MR) is 65.2 cm³/mol. The highest BCUT2D eigenvalue weighted by Gasteiger charge is 2.15. The van der Waals surface area contributed by atoms with Crippen LogP contribution in [0.5, 0.6) is 5.75 Å². The Hall–Kier alpha value is -2.01. The van der Waals surface area contributed by atoms with Gasteiger partial charge in [-0.15, -0.1) is 0 Å². The topological polar surface area (TPSA) is 70.9 Å². The molecule has 17 heavy (non-hydrogen) atoms. The zero-order valence-electron chi connectivity index (χ0n) is 8.90. The molecule has 1 aromatic carbocycles. The minimum atomic E-state index is -1.09. The lowest BCUT2D eigenvalue weighted by Gasteiger charge is -2.14. The number of nitrogens with zero attached hydrogens (tertiary/aromatic N) is 1. The van der Waals surface area contributed by atoms with Crippen molar-refractivity contribution in [1.82, 2.24) is 0 Å². The molecule has 1 aromatic rings. The Labute approximate surface area is 102 Å². The van der Waals surface area contributed by atoms with Crippen LogP contribution >= 0.6 is 11.6 Å². The number of carboxylic acid groups (broad SMARTS) is 1. The molecule has 88 valence electrons. The first-order valence-corrected chi connectivity index (χ1v) is 5.12. The maximum Gasteiger partial charge on any atom is 0.339 e. The van der Waals surface area contributed by atoms with Gasteiger partial charge in [0.25, 0.3) is 0 Å². The minimum Gasteiger partial charge on any atom is -0.496 e. The molecule has 1 aliphatic heterocycles. The van der Waals surface area contributed by atoms with E-state index in [0.29, 0.717) is 16.5 Å². The van der Waals surface area contributed by atoms with Gasteiger partial charge in [0.1, 0.15) is 17.1 Å². The smallest absolute Gasteiger partial charge is 0.339 e. The van der Waals surface area contributed by atoms with E-state index in [9.17, 15) is 4.79 Å². The number of halogens is 1. The maximum atomic E-state index is 10.9. The quantitative estimate of drug-likeness (QED) is 0.863. The number of allylic oxidation sites excluding steroid dienone is 1. The number of ether oxygens (including phenoxy) is 1. The van der Waals surface area contributed by atoms with Crippen molar-refractivity contribution in [3.63, 3.8) is 0 Å². The Kier molecular flexibility index (Phi) is 3.01. The summed E-state index contributed by atoms with van der Waals surface area (Å²) in [5.74, 6) is -0.179. The highest BCUT2D eigenvalue weighted by atomic mass is 35.5. The predicted octanol–water partition coefficient (Wildman–Crippen LogP) is 2.38. The first-order valence-electron chi connectivity index (χ1n) is 4.74. The van der Waals surface area contributed by atoms with Gasteiger partial charge in [-0.25, -0.2) is 9.79 Å². The van der Waals surface area contributed by atoms with Gasteiger partial charge in [-0.1, -0.05) is 11.6 Å². The number of rotatable bonds is 4. The molecule has 1 aliphatic rings. The van der Waals surface area contributed by atoms with E-state index in [-0.39, 0.29) is 11.3 Å². The molecule has 0 aromatic heterocycles. The third kappa shape index (κ3) is 2.24. The maximum absolute atomic E-state index is 10.9. The molecule has 0 amide bonds. The number of aromatic carboxylic acids is 1. The summed E-state index contributed by atoms with van der Waals surface area (Å²) in [7, 11) is 1.40. The summed E-state index contributed by atoms with van der Waals surface area (Å²) in [5.41, 5.74) is 0.575. The van der Waals surface area contributed by atoms with Crippen molar-refractivity contribution in [2.45, 2.75) is 0 Å². The summed E-state index contributed by atoms with van der Waals surface area (Å²) in [5, 5.41) is 12.2. The van der Waals surface area contributed by atoms with Gasteiger partial charge in [0.2, 0.25) is 0 Å². The standard InChI is InChI=1S/C11H9ClN2O3/c1-17-9-5-8(14-10-2-3-13-10)7(12)4-6(9)11(15)16/h2-5H,1H3,(H,13,14)(H,15,16). The minimum absolute atomic E-state index is 0.0224. The van der Waals surface area contributed by atoms with Crippen LogP contribution in [-0.4, -0.2) is 24.4 Å². The molecule has 0 fully saturated rings. The lowest BCUT2D eigenvalue weighted by Crippen LogP contribution is -2.06. The Morgan fingerprint density at radius 3 is 2.71 bits per heavy atom. The van der Waals surface area contributed by atoms with Crippen LogP contribution in [0, 0.1) is 0 Å².